The van der Waals surface area contributed by atoms with Crippen LogP contribution in [-0.2, 0) is 12.8 Å². The number of aliphatic hydroxyl groups excluding tert-OH is 2. The highest BCUT2D eigenvalue weighted by atomic mass is 16.3. The quantitative estimate of drug-likeness (QED) is 0.601. The molecule has 2 N–H and O–H groups in total. The van der Waals surface area contributed by atoms with Gasteiger partial charge in [-0.05, 0) is 47.9 Å². The van der Waals surface area contributed by atoms with Gasteiger partial charge in [0.1, 0.15) is 0 Å². The van der Waals surface area contributed by atoms with Gasteiger partial charge >= 0.3 is 0 Å². The minimum absolute atomic E-state index is 0.445. The van der Waals surface area contributed by atoms with E-state index >= 15 is 0 Å². The maximum absolute atomic E-state index is 10.4. The van der Waals surface area contributed by atoms with E-state index < -0.39 is 12.2 Å². The van der Waals surface area contributed by atoms with E-state index in [9.17, 15) is 10.2 Å². The third-order valence-electron chi connectivity index (χ3n) is 4.86. The molecule has 0 aliphatic carbocycles. The summed E-state index contributed by atoms with van der Waals surface area (Å²) in [6, 6.07) is 27.9. The molecule has 0 aromatic heterocycles. The van der Waals surface area contributed by atoms with Crippen molar-refractivity contribution in [2.75, 3.05) is 0 Å². The normalized spacial score (nSPS) is 13.3. The zero-order valence-electron chi connectivity index (χ0n) is 15.0. The lowest BCUT2D eigenvalue weighted by Gasteiger charge is -2.15. The number of rotatable bonds is 8. The van der Waals surface area contributed by atoms with Gasteiger partial charge in [-0.15, -0.1) is 0 Å². The Labute approximate surface area is 155 Å². The van der Waals surface area contributed by atoms with Crippen molar-refractivity contribution in [3.63, 3.8) is 0 Å². The van der Waals surface area contributed by atoms with E-state index in [0.29, 0.717) is 12.8 Å². The van der Waals surface area contributed by atoms with Gasteiger partial charge in [0.05, 0.1) is 12.2 Å². The summed E-state index contributed by atoms with van der Waals surface area (Å²) >= 11 is 0. The molecule has 0 saturated heterocycles. The lowest BCUT2D eigenvalue weighted by atomic mass is 9.94. The van der Waals surface area contributed by atoms with Crippen molar-refractivity contribution in [3.8, 4) is 0 Å². The average Bonchev–Trinajstić information content (AvgIpc) is 2.72. The largest absolute Gasteiger partial charge is 0.388 e. The molecular formula is C24H26O2. The lowest BCUT2D eigenvalue weighted by Crippen LogP contribution is -2.04. The number of benzene rings is 3. The predicted molar refractivity (Wildman–Crippen MR) is 106 cm³/mol. The highest BCUT2D eigenvalue weighted by molar-refractivity contribution is 5.28. The first kappa shape index (κ1) is 18.4. The van der Waals surface area contributed by atoms with Gasteiger partial charge in [-0.25, -0.2) is 0 Å². The minimum atomic E-state index is -0.445. The molecule has 2 nitrogen and oxygen atoms in total. The maximum atomic E-state index is 10.4. The Hall–Kier alpha value is -2.42. The second kappa shape index (κ2) is 9.33. The highest BCUT2D eigenvalue weighted by Crippen LogP contribution is 2.23. The van der Waals surface area contributed by atoms with Crippen LogP contribution >= 0.6 is 0 Å². The lowest BCUT2D eigenvalue weighted by molar-refractivity contribution is 0.165. The third kappa shape index (κ3) is 5.04. The van der Waals surface area contributed by atoms with Gasteiger partial charge in [0, 0.05) is 0 Å². The number of hydrogen-bond acceptors (Lipinski definition) is 2. The summed E-state index contributed by atoms with van der Waals surface area (Å²) in [7, 11) is 0. The Morgan fingerprint density at radius 1 is 0.500 bits per heavy atom. The van der Waals surface area contributed by atoms with E-state index in [1.54, 1.807) is 0 Å². The van der Waals surface area contributed by atoms with Crippen molar-refractivity contribution in [3.05, 3.63) is 107 Å². The van der Waals surface area contributed by atoms with Crippen LogP contribution < -0.4 is 0 Å². The second-order valence-electron chi connectivity index (χ2n) is 6.70. The van der Waals surface area contributed by atoms with E-state index in [-0.39, 0.29) is 0 Å². The molecule has 0 heterocycles. The molecule has 3 aromatic carbocycles. The van der Waals surface area contributed by atoms with Gasteiger partial charge in [0.2, 0.25) is 0 Å². The van der Waals surface area contributed by atoms with Gasteiger partial charge in [0.25, 0.3) is 0 Å². The summed E-state index contributed by atoms with van der Waals surface area (Å²) in [5.41, 5.74) is 4.43. The molecular weight excluding hydrogens is 320 g/mol. The summed E-state index contributed by atoms with van der Waals surface area (Å²) < 4.78 is 0. The average molecular weight is 346 g/mol. The predicted octanol–water partition coefficient (Wildman–Crippen LogP) is 5.02. The Balaban J connectivity index is 1.59. The van der Waals surface area contributed by atoms with E-state index in [2.05, 4.69) is 12.1 Å². The van der Waals surface area contributed by atoms with Crippen molar-refractivity contribution in [2.45, 2.75) is 37.9 Å². The fraction of sp³-hybridized carbons (Fsp3) is 0.250. The van der Waals surface area contributed by atoms with Crippen molar-refractivity contribution >= 4 is 0 Å². The Morgan fingerprint density at radius 2 is 0.846 bits per heavy atom. The van der Waals surface area contributed by atoms with Crippen LogP contribution in [0.4, 0.5) is 0 Å². The zero-order chi connectivity index (χ0) is 18.2. The van der Waals surface area contributed by atoms with Crippen LogP contribution in [0.15, 0.2) is 84.9 Å². The summed E-state index contributed by atoms with van der Waals surface area (Å²) in [5, 5.41) is 20.8. The molecule has 2 atom stereocenters. The molecule has 0 fully saturated rings. The van der Waals surface area contributed by atoms with E-state index in [1.165, 1.54) is 11.1 Å². The summed E-state index contributed by atoms with van der Waals surface area (Å²) in [5.74, 6) is 0. The molecule has 0 spiro atoms. The van der Waals surface area contributed by atoms with Crippen molar-refractivity contribution < 1.29 is 10.2 Å². The van der Waals surface area contributed by atoms with E-state index in [4.69, 9.17) is 0 Å². The Kier molecular flexibility index (Phi) is 6.59. The molecule has 2 heteroatoms. The number of aliphatic hydroxyl groups is 2. The van der Waals surface area contributed by atoms with Crippen LogP contribution in [0.25, 0.3) is 0 Å². The molecule has 0 amide bonds. The van der Waals surface area contributed by atoms with Gasteiger partial charge < -0.3 is 10.2 Å². The molecule has 0 aliphatic heterocycles. The van der Waals surface area contributed by atoms with Gasteiger partial charge in [0.15, 0.2) is 0 Å². The number of aryl methyl sites for hydroxylation is 2. The summed E-state index contributed by atoms with van der Waals surface area (Å²) in [6.07, 6.45) is 2.16. The smallest absolute Gasteiger partial charge is 0.0793 e. The van der Waals surface area contributed by atoms with E-state index in [1.807, 2.05) is 72.8 Å². The Morgan fingerprint density at radius 3 is 1.23 bits per heavy atom. The molecule has 134 valence electrons. The first-order chi connectivity index (χ1) is 12.7. The zero-order valence-corrected chi connectivity index (χ0v) is 15.0. The fourth-order valence-electron chi connectivity index (χ4n) is 3.31. The van der Waals surface area contributed by atoms with Crippen LogP contribution in [0.3, 0.4) is 0 Å². The van der Waals surface area contributed by atoms with Crippen LogP contribution in [0.5, 0.6) is 0 Å². The van der Waals surface area contributed by atoms with Crippen LogP contribution in [0.2, 0.25) is 0 Å². The molecule has 0 radical (unpaired) electrons. The van der Waals surface area contributed by atoms with Crippen molar-refractivity contribution in [2.24, 2.45) is 0 Å². The molecule has 0 saturated carbocycles. The standard InChI is InChI=1S/C24H26O2/c25-23(21-11-3-1-4-12-21)17-15-19-9-7-8-10-20(19)16-18-24(26)22-13-5-2-6-14-22/h1-14,23-26H,15-18H2. The van der Waals surface area contributed by atoms with Gasteiger partial charge in [-0.2, -0.15) is 0 Å². The maximum Gasteiger partial charge on any atom is 0.0793 e. The van der Waals surface area contributed by atoms with Gasteiger partial charge in [-0.1, -0.05) is 84.9 Å². The summed E-state index contributed by atoms with van der Waals surface area (Å²) in [4.78, 5) is 0. The summed E-state index contributed by atoms with van der Waals surface area (Å²) in [6.45, 7) is 0. The fourth-order valence-corrected chi connectivity index (χ4v) is 3.31. The van der Waals surface area contributed by atoms with Crippen molar-refractivity contribution in [1.82, 2.24) is 0 Å². The Bertz CT molecular complexity index is 715. The van der Waals surface area contributed by atoms with Crippen LogP contribution in [-0.4, -0.2) is 10.2 Å². The highest BCUT2D eigenvalue weighted by Gasteiger charge is 2.11. The minimum Gasteiger partial charge on any atom is -0.388 e. The third-order valence-corrected chi connectivity index (χ3v) is 4.86. The topological polar surface area (TPSA) is 40.5 Å². The van der Waals surface area contributed by atoms with Gasteiger partial charge in [-0.3, -0.25) is 0 Å². The van der Waals surface area contributed by atoms with Crippen molar-refractivity contribution in [1.29, 1.82) is 0 Å². The van der Waals surface area contributed by atoms with Crippen LogP contribution in [0.1, 0.15) is 47.3 Å². The van der Waals surface area contributed by atoms with Crippen LogP contribution in [0, 0.1) is 0 Å². The molecule has 3 rings (SSSR count). The van der Waals surface area contributed by atoms with E-state index in [0.717, 1.165) is 24.0 Å². The SMILES string of the molecule is OC(CCc1ccccc1CCC(O)c1ccccc1)c1ccccc1. The first-order valence-electron chi connectivity index (χ1n) is 9.27. The molecule has 2 unspecified atom stereocenters. The molecule has 3 aromatic rings. The number of hydrogen-bond donors (Lipinski definition) is 2. The molecule has 0 aliphatic rings. The molecule has 26 heavy (non-hydrogen) atoms. The first-order valence-corrected chi connectivity index (χ1v) is 9.27. The molecule has 0 bridgehead atoms. The second-order valence-corrected chi connectivity index (χ2v) is 6.70. The monoisotopic (exact) mass is 346 g/mol.